The Morgan fingerprint density at radius 2 is 0.847 bits per heavy atom. The molecule has 0 aliphatic heterocycles. The molecule has 3 nitrogen and oxygen atoms in total. The van der Waals surface area contributed by atoms with Gasteiger partial charge in [-0.1, -0.05) is 164 Å². The Hall–Kier alpha value is -7.88. The molecule has 0 bridgehead atoms. The van der Waals surface area contributed by atoms with Crippen molar-refractivity contribution in [3.8, 4) is 22.3 Å². The zero-order chi connectivity index (χ0) is 39.1. The van der Waals surface area contributed by atoms with Gasteiger partial charge in [0, 0.05) is 38.9 Å². The highest BCUT2D eigenvalue weighted by Gasteiger charge is 2.22. The summed E-state index contributed by atoms with van der Waals surface area (Å²) in [5, 5.41) is 6.93. The molecule has 0 fully saturated rings. The van der Waals surface area contributed by atoms with Gasteiger partial charge < -0.3 is 14.2 Å². The highest BCUT2D eigenvalue weighted by Crippen LogP contribution is 2.46. The second-order valence-electron chi connectivity index (χ2n) is 14.9. The van der Waals surface area contributed by atoms with Crippen LogP contribution in [-0.2, 0) is 0 Å². The summed E-state index contributed by atoms with van der Waals surface area (Å²) in [7, 11) is 0. The van der Waals surface area contributed by atoms with Gasteiger partial charge in [0.25, 0.3) is 0 Å². The summed E-state index contributed by atoms with van der Waals surface area (Å²) >= 11 is 0. The number of furan rings is 1. The van der Waals surface area contributed by atoms with E-state index in [1.807, 2.05) is 6.07 Å². The standard InChI is InChI=1S/C56H38N2O/c1-3-14-39(15-4-1)41-26-31-45(32-27-41)57(44-18-5-2-6-19-44)46-33-29-42(30-34-46)48-36-37-53(50-21-10-9-20-49(48)50)58(47-35-28-40-16-7-8-17-43(40)38-47)54-24-13-23-52-51-22-11-12-25-55(51)59-56(52)54/h1-38H. The number of anilines is 6. The van der Waals surface area contributed by atoms with Gasteiger partial charge in [-0.25, -0.2) is 0 Å². The molecule has 11 rings (SSSR count). The number of hydrogen-bond acceptors (Lipinski definition) is 3. The average Bonchev–Trinajstić information content (AvgIpc) is 3.70. The predicted octanol–water partition coefficient (Wildman–Crippen LogP) is 16.2. The van der Waals surface area contributed by atoms with E-state index in [9.17, 15) is 0 Å². The maximum absolute atomic E-state index is 6.67. The summed E-state index contributed by atoms with van der Waals surface area (Å²) in [5.41, 5.74) is 12.9. The minimum absolute atomic E-state index is 0.864. The third-order valence-corrected chi connectivity index (χ3v) is 11.4. The lowest BCUT2D eigenvalue weighted by molar-refractivity contribution is 0.669. The highest BCUT2D eigenvalue weighted by molar-refractivity contribution is 6.13. The summed E-state index contributed by atoms with van der Waals surface area (Å²) in [6.45, 7) is 0. The molecule has 0 unspecified atom stereocenters. The zero-order valence-corrected chi connectivity index (χ0v) is 32.2. The van der Waals surface area contributed by atoms with Crippen LogP contribution >= 0.6 is 0 Å². The first kappa shape index (κ1) is 34.4. The van der Waals surface area contributed by atoms with Crippen molar-refractivity contribution >= 4 is 77.6 Å². The molecule has 0 amide bonds. The second kappa shape index (κ2) is 14.6. The van der Waals surface area contributed by atoms with Gasteiger partial charge >= 0.3 is 0 Å². The van der Waals surface area contributed by atoms with Crippen LogP contribution in [0.5, 0.6) is 0 Å². The molecule has 1 aromatic heterocycles. The molecule has 11 aromatic rings. The molecule has 1 heterocycles. The lowest BCUT2D eigenvalue weighted by atomic mass is 9.95. The van der Waals surface area contributed by atoms with Gasteiger partial charge in [0.2, 0.25) is 0 Å². The second-order valence-corrected chi connectivity index (χ2v) is 14.9. The van der Waals surface area contributed by atoms with Crippen molar-refractivity contribution in [1.82, 2.24) is 0 Å². The molecule has 0 atom stereocenters. The smallest absolute Gasteiger partial charge is 0.159 e. The maximum Gasteiger partial charge on any atom is 0.159 e. The van der Waals surface area contributed by atoms with Crippen molar-refractivity contribution in [3.05, 3.63) is 231 Å². The largest absolute Gasteiger partial charge is 0.454 e. The van der Waals surface area contributed by atoms with Crippen LogP contribution in [0, 0.1) is 0 Å². The molecule has 0 saturated carbocycles. The molecule has 0 aliphatic rings. The van der Waals surface area contributed by atoms with Crippen LogP contribution in [0.3, 0.4) is 0 Å². The fourth-order valence-electron chi connectivity index (χ4n) is 8.61. The Balaban J connectivity index is 1.03. The van der Waals surface area contributed by atoms with Crippen LogP contribution in [0.15, 0.2) is 235 Å². The molecule has 278 valence electrons. The van der Waals surface area contributed by atoms with Crippen molar-refractivity contribution in [3.63, 3.8) is 0 Å². The van der Waals surface area contributed by atoms with E-state index >= 15 is 0 Å². The summed E-state index contributed by atoms with van der Waals surface area (Å²) < 4.78 is 6.67. The minimum Gasteiger partial charge on any atom is -0.454 e. The predicted molar refractivity (Wildman–Crippen MR) is 249 cm³/mol. The van der Waals surface area contributed by atoms with Crippen LogP contribution in [0.1, 0.15) is 0 Å². The molecule has 0 saturated heterocycles. The van der Waals surface area contributed by atoms with E-state index in [1.165, 1.54) is 32.8 Å². The number of benzene rings is 10. The Morgan fingerprint density at radius 3 is 1.61 bits per heavy atom. The molecular weight excluding hydrogens is 717 g/mol. The molecule has 0 spiro atoms. The van der Waals surface area contributed by atoms with Gasteiger partial charge in [-0.3, -0.25) is 0 Å². The van der Waals surface area contributed by atoms with Crippen molar-refractivity contribution in [1.29, 1.82) is 0 Å². The summed E-state index contributed by atoms with van der Waals surface area (Å²) in [4.78, 5) is 4.69. The van der Waals surface area contributed by atoms with E-state index in [4.69, 9.17) is 4.42 Å². The first-order valence-electron chi connectivity index (χ1n) is 20.1. The number of fused-ring (bicyclic) bond motifs is 5. The number of para-hydroxylation sites is 3. The van der Waals surface area contributed by atoms with Gasteiger partial charge in [-0.15, -0.1) is 0 Å². The third-order valence-electron chi connectivity index (χ3n) is 11.4. The molecule has 10 aromatic carbocycles. The van der Waals surface area contributed by atoms with Gasteiger partial charge in [-0.2, -0.15) is 0 Å². The van der Waals surface area contributed by atoms with Crippen LogP contribution in [0.4, 0.5) is 34.1 Å². The van der Waals surface area contributed by atoms with Crippen molar-refractivity contribution in [2.45, 2.75) is 0 Å². The van der Waals surface area contributed by atoms with E-state index in [2.05, 4.69) is 234 Å². The zero-order valence-electron chi connectivity index (χ0n) is 32.2. The van der Waals surface area contributed by atoms with E-state index in [0.29, 0.717) is 0 Å². The Labute approximate surface area is 343 Å². The van der Waals surface area contributed by atoms with Crippen molar-refractivity contribution in [2.75, 3.05) is 9.80 Å². The molecule has 59 heavy (non-hydrogen) atoms. The van der Waals surface area contributed by atoms with Crippen LogP contribution in [0.25, 0.3) is 65.7 Å². The quantitative estimate of drug-likeness (QED) is 0.154. The average molecular weight is 755 g/mol. The summed E-state index contributed by atoms with van der Waals surface area (Å²) in [6, 6.07) is 82.3. The third kappa shape index (κ3) is 6.17. The fraction of sp³-hybridized carbons (Fsp3) is 0. The number of nitrogens with zero attached hydrogens (tertiary/aromatic N) is 2. The molecular formula is C56H38N2O. The monoisotopic (exact) mass is 754 g/mol. The van der Waals surface area contributed by atoms with Gasteiger partial charge in [0.05, 0.1) is 11.4 Å². The minimum atomic E-state index is 0.864. The lowest BCUT2D eigenvalue weighted by Crippen LogP contribution is -2.11. The SMILES string of the molecule is c1ccc(-c2ccc(N(c3ccccc3)c3ccc(-c4ccc(N(c5ccc6ccccc6c5)c5cccc6c5oc5ccccc56)c5ccccc45)cc3)cc2)cc1. The van der Waals surface area contributed by atoms with Gasteiger partial charge in [-0.05, 0) is 105 Å². The Bertz CT molecular complexity index is 3260. The van der Waals surface area contributed by atoms with E-state index < -0.39 is 0 Å². The van der Waals surface area contributed by atoms with E-state index in [-0.39, 0.29) is 0 Å². The normalized spacial score (nSPS) is 11.4. The maximum atomic E-state index is 6.67. The van der Waals surface area contributed by atoms with E-state index in [0.717, 1.165) is 67.0 Å². The molecule has 0 N–H and O–H groups in total. The molecule has 0 aliphatic carbocycles. The lowest BCUT2D eigenvalue weighted by Gasteiger charge is -2.28. The van der Waals surface area contributed by atoms with E-state index in [1.54, 1.807) is 0 Å². The number of rotatable bonds is 8. The summed E-state index contributed by atoms with van der Waals surface area (Å²) in [5.74, 6) is 0. The van der Waals surface area contributed by atoms with Crippen LogP contribution < -0.4 is 9.80 Å². The molecule has 0 radical (unpaired) electrons. The highest BCUT2D eigenvalue weighted by atomic mass is 16.3. The Kier molecular flexibility index (Phi) is 8.49. The van der Waals surface area contributed by atoms with Crippen LogP contribution in [0.2, 0.25) is 0 Å². The first-order chi connectivity index (χ1) is 29.3. The fourth-order valence-corrected chi connectivity index (χ4v) is 8.61. The number of hydrogen-bond donors (Lipinski definition) is 0. The first-order valence-corrected chi connectivity index (χ1v) is 20.1. The summed E-state index contributed by atoms with van der Waals surface area (Å²) in [6.07, 6.45) is 0. The van der Waals surface area contributed by atoms with Crippen molar-refractivity contribution in [2.24, 2.45) is 0 Å². The molecule has 3 heteroatoms. The van der Waals surface area contributed by atoms with Crippen LogP contribution in [-0.4, -0.2) is 0 Å². The topological polar surface area (TPSA) is 19.6 Å². The van der Waals surface area contributed by atoms with Crippen molar-refractivity contribution < 1.29 is 4.42 Å². The van der Waals surface area contributed by atoms with Gasteiger partial charge in [0.15, 0.2) is 5.58 Å². The Morgan fingerprint density at radius 1 is 0.288 bits per heavy atom. The van der Waals surface area contributed by atoms with Gasteiger partial charge in [0.1, 0.15) is 5.58 Å².